The topological polar surface area (TPSA) is 211 Å². The lowest BCUT2D eigenvalue weighted by molar-refractivity contribution is -0.149. The summed E-state index contributed by atoms with van der Waals surface area (Å²) in [6, 6.07) is 22.7. The maximum absolute atomic E-state index is 14.6. The van der Waals surface area contributed by atoms with E-state index in [9.17, 15) is 24.2 Å². The number of aliphatic hydroxyl groups is 1. The third kappa shape index (κ3) is 9.24. The lowest BCUT2D eigenvalue weighted by atomic mass is 9.49. The summed E-state index contributed by atoms with van der Waals surface area (Å²) in [6.45, 7) is 11.4. The molecule has 6 fully saturated rings. The number of rotatable bonds is 11. The Hall–Kier alpha value is -6.92. The van der Waals surface area contributed by atoms with Crippen molar-refractivity contribution < 1.29 is 29.0 Å². The van der Waals surface area contributed by atoms with Crippen LogP contribution in [0.4, 0.5) is 21.8 Å². The van der Waals surface area contributed by atoms with Crippen molar-refractivity contribution in [2.45, 2.75) is 133 Å². The number of aromatic nitrogens is 4. The number of nitrogens with one attached hydrogen (secondary N) is 2. The van der Waals surface area contributed by atoms with Gasteiger partial charge in [0.1, 0.15) is 17.6 Å². The van der Waals surface area contributed by atoms with Crippen LogP contribution in [-0.4, -0.2) is 127 Å². The van der Waals surface area contributed by atoms with Crippen molar-refractivity contribution in [3.63, 3.8) is 0 Å². The molecule has 4 saturated heterocycles. The molecule has 12 rings (SSSR count). The number of aliphatic hydroxyl groups excluding tert-OH is 1. The smallest absolute Gasteiger partial charge is 0.246 e. The number of amides is 2. The Morgan fingerprint density at radius 2 is 1.54 bits per heavy atom. The number of piperazine rings is 1. The molecule has 2 aromatic heterocycles. The molecule has 2 unspecified atom stereocenters. The summed E-state index contributed by atoms with van der Waals surface area (Å²) in [5.41, 5.74) is 10.2. The van der Waals surface area contributed by atoms with Gasteiger partial charge in [-0.2, -0.15) is 0 Å². The molecule has 5 aromatic rings. The fourth-order valence-electron chi connectivity index (χ4n) is 13.6. The van der Waals surface area contributed by atoms with Crippen molar-refractivity contribution in [2.75, 3.05) is 48.3 Å². The van der Waals surface area contributed by atoms with E-state index < -0.39 is 29.3 Å². The van der Waals surface area contributed by atoms with Crippen LogP contribution in [0.3, 0.4) is 0 Å². The predicted molar refractivity (Wildman–Crippen MR) is 287 cm³/mol. The molecule has 6 N–H and O–H groups in total. The summed E-state index contributed by atoms with van der Waals surface area (Å²) in [5.74, 6) is 1.38. The molecule has 2 saturated carbocycles. The van der Waals surface area contributed by atoms with E-state index in [2.05, 4.69) is 40.7 Å². The number of nitrogen functional groups attached to an aromatic ring is 1. The maximum Gasteiger partial charge on any atom is 0.246 e. The number of fused-ring (bicyclic) bond motifs is 2. The van der Waals surface area contributed by atoms with Crippen LogP contribution in [0, 0.1) is 22.6 Å². The number of para-hydroxylation sites is 1. The second-order valence-corrected chi connectivity index (χ2v) is 24.0. The number of phenols is 1. The first-order chi connectivity index (χ1) is 36.5. The average Bonchev–Trinajstić information content (AvgIpc) is 4.07. The molecule has 2 aliphatic carbocycles. The monoisotopic (exact) mass is 1030 g/mol. The highest BCUT2D eigenvalue weighted by Crippen LogP contribution is 2.60. The minimum Gasteiger partial charge on any atom is -0.507 e. The number of nitrogens with zero attached hydrogens (tertiary/aromatic N) is 9. The van der Waals surface area contributed by atoms with Gasteiger partial charge < -0.3 is 51.0 Å². The highest BCUT2D eigenvalue weighted by Gasteiger charge is 2.57. The Bertz CT molecular complexity index is 3010. The lowest BCUT2D eigenvalue weighted by Crippen LogP contribution is -2.62. The molecule has 398 valence electrons. The van der Waals surface area contributed by atoms with Crippen LogP contribution in [0.25, 0.3) is 22.4 Å². The van der Waals surface area contributed by atoms with Gasteiger partial charge in [0.15, 0.2) is 11.7 Å². The number of amidine groups is 1. The van der Waals surface area contributed by atoms with E-state index in [4.69, 9.17) is 20.5 Å². The number of oxime groups is 1. The van der Waals surface area contributed by atoms with Crippen LogP contribution in [-0.2, 0) is 20.2 Å². The van der Waals surface area contributed by atoms with Crippen molar-refractivity contribution in [3.8, 4) is 28.1 Å². The minimum absolute atomic E-state index is 0.0819. The highest BCUT2D eigenvalue weighted by atomic mass is 19.1. The summed E-state index contributed by atoms with van der Waals surface area (Å²) in [5, 5.41) is 40.9. The maximum atomic E-state index is 14.6. The summed E-state index contributed by atoms with van der Waals surface area (Å²) in [7, 11) is 0. The summed E-state index contributed by atoms with van der Waals surface area (Å²) in [6.07, 6.45) is 11.7. The number of likely N-dealkylation sites (tertiary alicyclic amines) is 2. The van der Waals surface area contributed by atoms with Crippen LogP contribution in [0.2, 0.25) is 0 Å². The molecule has 2 amide bonds. The number of anilines is 3. The van der Waals surface area contributed by atoms with E-state index >= 15 is 0 Å². The van der Waals surface area contributed by atoms with Crippen LogP contribution >= 0.6 is 0 Å². The van der Waals surface area contributed by atoms with Crippen LogP contribution in [0.1, 0.15) is 103 Å². The van der Waals surface area contributed by atoms with Gasteiger partial charge in [0.2, 0.25) is 23.5 Å². The second kappa shape index (κ2) is 19.3. The standard InChI is InChI=1S/C58H69FN12O5/c1-56(2,3)50(54(75)70-33-42(72)23-48(70)52-64-57(4,76-67-52)38-15-13-35(14-16-38)43-9-5-7-11-45(43)59)63-53(74)36-25-58(26-36)27-41(28-58)68-21-19-34(20-22-68)37-29-61-55(62-30-37)71-39-17-18-40(71)32-69(31-39)47-24-46(65-66-51(47)60)44-10-6-8-12-49(44)73/h5-16,24,29-30,34,36,39-42,48,50,72-73H,17-23,25-28,31-33H2,1-4H3,(H2,60,66)(H,63,74)(H,64,67)/t36-,39?,40?,41-,42-,48+,50-,57-,58?/m1/s1. The van der Waals surface area contributed by atoms with Crippen molar-refractivity contribution >= 4 is 35.1 Å². The Labute approximate surface area is 443 Å². The Morgan fingerprint density at radius 3 is 2.21 bits per heavy atom. The van der Waals surface area contributed by atoms with E-state index in [0.717, 1.165) is 100 Å². The number of piperidine rings is 1. The number of phenolic OH excluding ortho intramolecular Hbond substituents is 1. The first-order valence-electron chi connectivity index (χ1n) is 27.2. The van der Waals surface area contributed by atoms with E-state index in [-0.39, 0.29) is 59.8 Å². The SMILES string of the molecule is CC(C)(C)[C@H](NC(=O)[C@H]1CC2(C1)C[C@H](N1CCC(c3cnc(N4C5CCC4CN(c4cc(-c6ccccc6O)nnc4N)C5)nc3)CC1)C2)C(=O)N1C[C@H](O)C[C@H]1C1=NO[C@](C)(c2ccc(-c3ccccc3F)cc2)N1. The van der Waals surface area contributed by atoms with Crippen LogP contribution in [0.15, 0.2) is 96.4 Å². The van der Waals surface area contributed by atoms with Gasteiger partial charge in [0.25, 0.3) is 0 Å². The molecule has 2 bridgehead atoms. The minimum atomic E-state index is -1.05. The number of aromatic hydroxyl groups is 1. The number of hydrogen-bond donors (Lipinski definition) is 5. The molecule has 7 aliphatic rings. The van der Waals surface area contributed by atoms with Crippen LogP contribution in [0.5, 0.6) is 5.75 Å². The summed E-state index contributed by atoms with van der Waals surface area (Å²) >= 11 is 0. The first-order valence-corrected chi connectivity index (χ1v) is 27.2. The molecule has 1 spiro atoms. The summed E-state index contributed by atoms with van der Waals surface area (Å²) < 4.78 is 14.5. The van der Waals surface area contributed by atoms with Gasteiger partial charge in [-0.05, 0) is 117 Å². The van der Waals surface area contributed by atoms with Gasteiger partial charge in [0, 0.05) is 86.1 Å². The quantitative estimate of drug-likeness (QED) is 0.0910. The molecule has 3 aromatic carbocycles. The summed E-state index contributed by atoms with van der Waals surface area (Å²) in [4.78, 5) is 53.5. The third-order valence-corrected chi connectivity index (χ3v) is 17.9. The zero-order valence-corrected chi connectivity index (χ0v) is 43.8. The molecule has 18 heteroatoms. The molecule has 6 atom stereocenters. The number of nitrogens with two attached hydrogens (primary N) is 1. The molecule has 7 heterocycles. The van der Waals surface area contributed by atoms with Crippen molar-refractivity contribution in [3.05, 3.63) is 108 Å². The van der Waals surface area contributed by atoms with Gasteiger partial charge in [-0.1, -0.05) is 80.5 Å². The molecule has 17 nitrogen and oxygen atoms in total. The number of β-amino-alcohol motifs (C(OH)–C–C–N with tert-alkyl or cyclic N) is 1. The first kappa shape index (κ1) is 49.9. The molecule has 5 aliphatic heterocycles. The van der Waals surface area contributed by atoms with Gasteiger partial charge >= 0.3 is 0 Å². The van der Waals surface area contributed by atoms with Gasteiger partial charge in [-0.3, -0.25) is 9.59 Å². The average molecular weight is 1030 g/mol. The van der Waals surface area contributed by atoms with Crippen molar-refractivity contribution in [1.82, 2.24) is 40.6 Å². The number of benzene rings is 3. The van der Waals surface area contributed by atoms with E-state index in [0.29, 0.717) is 40.4 Å². The largest absolute Gasteiger partial charge is 0.507 e. The Kier molecular flexibility index (Phi) is 12.7. The number of carbonyl (C=O) groups is 2. The van der Waals surface area contributed by atoms with E-state index in [1.54, 1.807) is 35.2 Å². The normalized spacial score (nSPS) is 28.8. The van der Waals surface area contributed by atoms with E-state index in [1.165, 1.54) is 11.6 Å². The van der Waals surface area contributed by atoms with Gasteiger partial charge in [-0.25, -0.2) is 14.4 Å². The van der Waals surface area contributed by atoms with Crippen molar-refractivity contribution in [1.29, 1.82) is 0 Å². The predicted octanol–water partition coefficient (Wildman–Crippen LogP) is 6.92. The lowest BCUT2D eigenvalue weighted by Gasteiger charge is -2.60. The third-order valence-electron chi connectivity index (χ3n) is 17.9. The zero-order valence-electron chi connectivity index (χ0n) is 43.8. The second-order valence-electron chi connectivity index (χ2n) is 24.0. The molecular weight excluding hydrogens is 964 g/mol. The number of hydrogen-bond acceptors (Lipinski definition) is 15. The van der Waals surface area contributed by atoms with Crippen molar-refractivity contribution in [2.24, 2.45) is 21.9 Å². The fourth-order valence-corrected chi connectivity index (χ4v) is 13.6. The number of carbonyl (C=O) groups excluding carboxylic acids is 2. The Morgan fingerprint density at radius 1 is 0.868 bits per heavy atom. The molecule has 0 radical (unpaired) electrons. The molecular formula is C58H69FN12O5. The fraction of sp³-hybridized carbons (Fsp3) is 0.500. The van der Waals surface area contributed by atoms with Gasteiger partial charge in [-0.15, -0.1) is 10.2 Å². The van der Waals surface area contributed by atoms with Crippen LogP contribution < -0.4 is 26.2 Å². The highest BCUT2D eigenvalue weighted by molar-refractivity contribution is 5.96. The van der Waals surface area contributed by atoms with E-state index in [1.807, 2.05) is 82.6 Å². The molecule has 76 heavy (non-hydrogen) atoms. The Balaban J connectivity index is 0.606. The zero-order chi connectivity index (χ0) is 52.7. The number of halogens is 1. The van der Waals surface area contributed by atoms with Gasteiger partial charge in [0.05, 0.1) is 23.5 Å².